The van der Waals surface area contributed by atoms with Crippen LogP contribution in [0.15, 0.2) is 50.7 Å². The van der Waals surface area contributed by atoms with Crippen molar-refractivity contribution in [3.8, 4) is 0 Å². The topological polar surface area (TPSA) is 111 Å². The lowest BCUT2D eigenvalue weighted by molar-refractivity contribution is -0.129. The van der Waals surface area contributed by atoms with Gasteiger partial charge in [-0.05, 0) is 52.8 Å². The van der Waals surface area contributed by atoms with E-state index < -0.39 is 5.91 Å². The van der Waals surface area contributed by atoms with Crippen molar-refractivity contribution in [3.63, 3.8) is 0 Å². The normalized spacial score (nSPS) is 17.1. The molecule has 1 N–H and O–H groups in total. The van der Waals surface area contributed by atoms with Gasteiger partial charge in [-0.25, -0.2) is 9.99 Å². The number of nitrogens with zero attached hydrogens (tertiary/aromatic N) is 5. The Morgan fingerprint density at radius 2 is 1.97 bits per heavy atom. The van der Waals surface area contributed by atoms with Crippen molar-refractivity contribution in [2.45, 2.75) is 6.42 Å². The lowest BCUT2D eigenvalue weighted by atomic mass is 10.1. The molecule has 180 valence electrons. The molecule has 0 bridgehead atoms. The molecule has 3 heterocycles. The summed E-state index contributed by atoms with van der Waals surface area (Å²) < 4.78 is 5.79. The Morgan fingerprint density at radius 1 is 1.20 bits per heavy atom. The lowest BCUT2D eigenvalue weighted by Crippen LogP contribution is -2.47. The number of nitrogens with one attached hydrogen (secondary N) is 1. The second-order valence-electron chi connectivity index (χ2n) is 8.63. The molecule has 0 unspecified atom stereocenters. The molecule has 1 saturated heterocycles. The molecule has 10 nitrogen and oxygen atoms in total. The van der Waals surface area contributed by atoms with E-state index in [9.17, 15) is 14.4 Å². The largest absolute Gasteiger partial charge is 0.443 e. The highest BCUT2D eigenvalue weighted by Gasteiger charge is 2.32. The van der Waals surface area contributed by atoms with Gasteiger partial charge in [0.2, 0.25) is 5.91 Å². The van der Waals surface area contributed by atoms with E-state index in [-0.39, 0.29) is 23.9 Å². The maximum atomic E-state index is 13.0. The molecule has 0 spiro atoms. The number of carbonyl (C=O) groups is 3. The zero-order valence-corrected chi connectivity index (χ0v) is 20.8. The Kier molecular flexibility index (Phi) is 6.12. The highest BCUT2D eigenvalue weighted by Crippen LogP contribution is 2.33. The minimum atomic E-state index is -0.437. The van der Waals surface area contributed by atoms with Gasteiger partial charge >= 0.3 is 0 Å². The average Bonchev–Trinajstić information content (AvgIpc) is 3.42. The molecule has 1 aromatic heterocycles. The van der Waals surface area contributed by atoms with Crippen LogP contribution in [0.1, 0.15) is 21.5 Å². The van der Waals surface area contributed by atoms with Gasteiger partial charge in [-0.2, -0.15) is 5.10 Å². The molecule has 0 aliphatic carbocycles. The van der Waals surface area contributed by atoms with Gasteiger partial charge in [-0.15, -0.1) is 0 Å². The van der Waals surface area contributed by atoms with Gasteiger partial charge in [0.25, 0.3) is 11.8 Å². The Balaban J connectivity index is 1.35. The number of halogens is 1. The van der Waals surface area contributed by atoms with E-state index in [4.69, 9.17) is 4.42 Å². The number of hydrazone groups is 1. The SMILES string of the molecule is CN1CCN(C(=O)c2cc(Br)c3c(c2)NC(=O)/C3=N\N(C)C(=O)Cc2ccc3ocnc3c2)CC1. The fourth-order valence-corrected chi connectivity index (χ4v) is 4.81. The van der Waals surface area contributed by atoms with Gasteiger partial charge in [0, 0.05) is 48.8 Å². The van der Waals surface area contributed by atoms with Crippen LogP contribution in [0.5, 0.6) is 0 Å². The van der Waals surface area contributed by atoms with E-state index in [0.29, 0.717) is 45.5 Å². The first-order valence-corrected chi connectivity index (χ1v) is 11.9. The third kappa shape index (κ3) is 4.56. The molecule has 0 atom stereocenters. The minimum Gasteiger partial charge on any atom is -0.443 e. The number of fused-ring (bicyclic) bond motifs is 2. The molecule has 0 saturated carbocycles. The van der Waals surface area contributed by atoms with Gasteiger partial charge in [0.15, 0.2) is 17.7 Å². The quantitative estimate of drug-likeness (QED) is 0.510. The number of likely N-dealkylation sites (N-methyl/N-ethyl adjacent to an activating group) is 2. The molecule has 0 radical (unpaired) electrons. The maximum Gasteiger partial charge on any atom is 0.276 e. The summed E-state index contributed by atoms with van der Waals surface area (Å²) in [6, 6.07) is 8.69. The molecule has 1 fully saturated rings. The van der Waals surface area contributed by atoms with E-state index in [2.05, 4.69) is 36.2 Å². The second kappa shape index (κ2) is 9.23. The molecule has 11 heteroatoms. The van der Waals surface area contributed by atoms with Crippen LogP contribution >= 0.6 is 15.9 Å². The zero-order valence-electron chi connectivity index (χ0n) is 19.2. The summed E-state index contributed by atoms with van der Waals surface area (Å²) in [6.07, 6.45) is 1.44. The second-order valence-corrected chi connectivity index (χ2v) is 9.48. The number of oxazole rings is 1. The smallest absolute Gasteiger partial charge is 0.276 e. The molecule has 35 heavy (non-hydrogen) atoms. The Morgan fingerprint density at radius 3 is 2.74 bits per heavy atom. The monoisotopic (exact) mass is 538 g/mol. The summed E-state index contributed by atoms with van der Waals surface area (Å²) in [7, 11) is 3.54. The number of hydrogen-bond acceptors (Lipinski definition) is 7. The fourth-order valence-electron chi connectivity index (χ4n) is 4.16. The number of hydrogen-bond donors (Lipinski definition) is 1. The zero-order chi connectivity index (χ0) is 24.7. The predicted molar refractivity (Wildman–Crippen MR) is 133 cm³/mol. The summed E-state index contributed by atoms with van der Waals surface area (Å²) in [6.45, 7) is 2.94. The summed E-state index contributed by atoms with van der Waals surface area (Å²) in [5.74, 6) is -0.814. The van der Waals surface area contributed by atoms with E-state index in [1.807, 2.05) is 11.9 Å². The number of carbonyl (C=O) groups excluding carboxylic acids is 3. The minimum absolute atomic E-state index is 0.0855. The van der Waals surface area contributed by atoms with Crippen LogP contribution in [0.3, 0.4) is 0 Å². The first kappa shape index (κ1) is 23.2. The Labute approximate surface area is 209 Å². The van der Waals surface area contributed by atoms with Crippen molar-refractivity contribution in [3.05, 3.63) is 57.9 Å². The molecule has 3 amide bonds. The van der Waals surface area contributed by atoms with Crippen LogP contribution in [0, 0.1) is 0 Å². The summed E-state index contributed by atoms with van der Waals surface area (Å²) in [5, 5.41) is 8.23. The van der Waals surface area contributed by atoms with Crippen molar-refractivity contribution in [2.75, 3.05) is 45.6 Å². The number of amides is 3. The van der Waals surface area contributed by atoms with Crippen LogP contribution < -0.4 is 5.32 Å². The molecular weight excluding hydrogens is 516 g/mol. The first-order valence-electron chi connectivity index (χ1n) is 11.1. The number of benzene rings is 2. The molecule has 2 aliphatic heterocycles. The summed E-state index contributed by atoms with van der Waals surface area (Å²) >= 11 is 3.50. The van der Waals surface area contributed by atoms with Crippen molar-refractivity contribution in [1.29, 1.82) is 0 Å². The molecule has 2 aliphatic rings. The van der Waals surface area contributed by atoms with Gasteiger partial charge in [-0.1, -0.05) is 6.07 Å². The summed E-state index contributed by atoms with van der Waals surface area (Å²) in [5.41, 5.74) is 3.66. The van der Waals surface area contributed by atoms with Gasteiger partial charge in [0.05, 0.1) is 12.1 Å². The number of anilines is 1. The van der Waals surface area contributed by atoms with E-state index in [0.717, 1.165) is 23.7 Å². The predicted octanol–water partition coefficient (Wildman–Crippen LogP) is 2.34. The van der Waals surface area contributed by atoms with Gasteiger partial charge in [0.1, 0.15) is 5.52 Å². The van der Waals surface area contributed by atoms with Crippen LogP contribution in [0.25, 0.3) is 11.1 Å². The number of piperazine rings is 1. The maximum absolute atomic E-state index is 13.0. The van der Waals surface area contributed by atoms with E-state index in [1.165, 1.54) is 13.4 Å². The summed E-state index contributed by atoms with van der Waals surface area (Å²) in [4.78, 5) is 46.6. The third-order valence-electron chi connectivity index (χ3n) is 6.19. The lowest BCUT2D eigenvalue weighted by Gasteiger charge is -2.32. The van der Waals surface area contributed by atoms with Crippen molar-refractivity contribution in [1.82, 2.24) is 19.8 Å². The van der Waals surface area contributed by atoms with Gasteiger partial charge in [-0.3, -0.25) is 14.4 Å². The first-order chi connectivity index (χ1) is 16.8. The van der Waals surface area contributed by atoms with Crippen LogP contribution in [-0.4, -0.2) is 83.5 Å². The highest BCUT2D eigenvalue weighted by atomic mass is 79.9. The van der Waals surface area contributed by atoms with Crippen molar-refractivity contribution >= 4 is 56.2 Å². The molecule has 3 aromatic rings. The van der Waals surface area contributed by atoms with Crippen LogP contribution in [0.4, 0.5) is 5.69 Å². The number of rotatable bonds is 4. The average molecular weight is 539 g/mol. The molecule has 2 aromatic carbocycles. The molecule has 5 rings (SSSR count). The van der Waals surface area contributed by atoms with E-state index in [1.54, 1.807) is 30.3 Å². The molecular formula is C24H23BrN6O4. The van der Waals surface area contributed by atoms with Crippen molar-refractivity contribution < 1.29 is 18.8 Å². The van der Waals surface area contributed by atoms with E-state index >= 15 is 0 Å². The Hall–Kier alpha value is -3.57. The Bertz CT molecular complexity index is 1380. The fraction of sp³-hybridized carbons (Fsp3) is 0.292. The van der Waals surface area contributed by atoms with Gasteiger partial charge < -0.3 is 19.5 Å². The highest BCUT2D eigenvalue weighted by molar-refractivity contribution is 9.10. The van der Waals surface area contributed by atoms with Crippen molar-refractivity contribution in [2.24, 2.45) is 5.10 Å². The third-order valence-corrected chi connectivity index (χ3v) is 6.81. The number of aromatic nitrogens is 1. The van der Waals surface area contributed by atoms with Crippen LogP contribution in [0.2, 0.25) is 0 Å². The standard InChI is InChI=1S/C24H23BrN6O4/c1-29-5-7-31(8-6-29)24(34)15-11-16(25)21-18(12-15)27-23(33)22(21)28-30(2)20(32)10-14-3-4-19-17(9-14)26-13-35-19/h3-4,9,11-13H,5-8,10H2,1-2H3,(H,27,28,33). The van der Waals surface area contributed by atoms with Crippen LogP contribution in [-0.2, 0) is 16.0 Å².